The van der Waals surface area contributed by atoms with Gasteiger partial charge in [0.2, 0.25) is 11.8 Å². The molecule has 3 aromatic rings. The van der Waals surface area contributed by atoms with Gasteiger partial charge in [0.05, 0.1) is 0 Å². The fourth-order valence-corrected chi connectivity index (χ4v) is 6.03. The largest absolute Gasteiger partial charge is 0.384 e. The average molecular weight is 591 g/mol. The van der Waals surface area contributed by atoms with Gasteiger partial charge in [-0.05, 0) is 47.6 Å². The van der Waals surface area contributed by atoms with Crippen LogP contribution >= 0.6 is 0 Å². The van der Waals surface area contributed by atoms with Crippen LogP contribution in [0.25, 0.3) is 0 Å². The van der Waals surface area contributed by atoms with Gasteiger partial charge in [0, 0.05) is 45.2 Å². The summed E-state index contributed by atoms with van der Waals surface area (Å²) in [4.78, 5) is 28.6. The number of carbonyl (C=O) groups is 2. The van der Waals surface area contributed by atoms with Crippen molar-refractivity contribution >= 4 is 27.9 Å². The predicted molar refractivity (Wildman–Crippen MR) is 163 cm³/mol. The number of nitrogens with two attached hydrogens (primary N) is 1. The SMILES string of the molecule is CC(=O)N1CCN(C(=O)C(Cc2cccc(C(=N)N)c2)NS(=O)(=O)NCc2ccccc2CCc2ccccc2)CC1. The Morgan fingerprint density at radius 1 is 0.857 bits per heavy atom. The highest BCUT2D eigenvalue weighted by molar-refractivity contribution is 7.87. The Hall–Kier alpha value is -4.06. The molecule has 1 unspecified atom stereocenters. The van der Waals surface area contributed by atoms with E-state index < -0.39 is 16.3 Å². The number of hydrogen-bond acceptors (Lipinski definition) is 5. The van der Waals surface area contributed by atoms with E-state index in [1.54, 1.807) is 34.1 Å². The number of amides is 2. The third-order valence-electron chi connectivity index (χ3n) is 7.41. The van der Waals surface area contributed by atoms with E-state index in [4.69, 9.17) is 11.1 Å². The Morgan fingerprint density at radius 2 is 1.48 bits per heavy atom. The number of nitrogens with one attached hydrogen (secondary N) is 3. The monoisotopic (exact) mass is 590 g/mol. The quantitative estimate of drug-likeness (QED) is 0.188. The summed E-state index contributed by atoms with van der Waals surface area (Å²) < 4.78 is 31.8. The van der Waals surface area contributed by atoms with Crippen molar-refractivity contribution in [1.82, 2.24) is 19.2 Å². The summed E-state index contributed by atoms with van der Waals surface area (Å²) in [7, 11) is -4.10. The molecule has 4 rings (SSSR count). The number of piperazine rings is 1. The predicted octanol–water partition coefficient (Wildman–Crippen LogP) is 1.98. The lowest BCUT2D eigenvalue weighted by Crippen LogP contribution is -2.57. The first-order valence-corrected chi connectivity index (χ1v) is 15.4. The molecule has 1 aliphatic heterocycles. The highest BCUT2D eigenvalue weighted by Gasteiger charge is 2.31. The van der Waals surface area contributed by atoms with E-state index in [1.807, 2.05) is 42.5 Å². The molecule has 0 bridgehead atoms. The zero-order chi connectivity index (χ0) is 30.1. The molecule has 1 aliphatic rings. The minimum atomic E-state index is -4.10. The van der Waals surface area contributed by atoms with E-state index in [0.29, 0.717) is 37.3 Å². The van der Waals surface area contributed by atoms with Gasteiger partial charge in [-0.3, -0.25) is 15.0 Å². The number of aryl methyl sites for hydroxylation is 2. The lowest BCUT2D eigenvalue weighted by Gasteiger charge is -2.36. The Kier molecular flexibility index (Phi) is 10.5. The van der Waals surface area contributed by atoms with Gasteiger partial charge in [0.25, 0.3) is 10.2 Å². The highest BCUT2D eigenvalue weighted by atomic mass is 32.2. The Morgan fingerprint density at radius 3 is 2.14 bits per heavy atom. The molecule has 0 radical (unpaired) electrons. The summed E-state index contributed by atoms with van der Waals surface area (Å²) in [5, 5.41) is 7.74. The second-order valence-electron chi connectivity index (χ2n) is 10.4. The Labute approximate surface area is 247 Å². The average Bonchev–Trinajstić information content (AvgIpc) is 2.99. The van der Waals surface area contributed by atoms with E-state index >= 15 is 0 Å². The van der Waals surface area contributed by atoms with E-state index in [-0.39, 0.29) is 30.6 Å². The van der Waals surface area contributed by atoms with Crippen molar-refractivity contribution in [2.75, 3.05) is 26.2 Å². The zero-order valence-electron chi connectivity index (χ0n) is 23.8. The van der Waals surface area contributed by atoms with Crippen LogP contribution in [0.2, 0.25) is 0 Å². The van der Waals surface area contributed by atoms with E-state index in [0.717, 1.165) is 24.0 Å². The number of rotatable bonds is 12. The maximum atomic E-state index is 13.6. The third-order valence-corrected chi connectivity index (χ3v) is 8.53. The van der Waals surface area contributed by atoms with Gasteiger partial charge in [-0.2, -0.15) is 17.9 Å². The third kappa shape index (κ3) is 8.72. The van der Waals surface area contributed by atoms with Crippen molar-refractivity contribution in [2.24, 2.45) is 5.73 Å². The maximum absolute atomic E-state index is 13.6. The molecule has 0 aliphatic carbocycles. The zero-order valence-corrected chi connectivity index (χ0v) is 24.6. The molecular weight excluding hydrogens is 552 g/mol. The lowest BCUT2D eigenvalue weighted by atomic mass is 10.00. The molecule has 2 amide bonds. The molecule has 42 heavy (non-hydrogen) atoms. The number of hydrogen-bond donors (Lipinski definition) is 4. The van der Waals surface area contributed by atoms with E-state index in [9.17, 15) is 18.0 Å². The molecule has 1 heterocycles. The second-order valence-corrected chi connectivity index (χ2v) is 11.9. The normalized spacial score (nSPS) is 14.4. The van der Waals surface area contributed by atoms with Crippen molar-refractivity contribution in [2.45, 2.75) is 38.8 Å². The molecule has 222 valence electrons. The molecule has 0 aromatic heterocycles. The smallest absolute Gasteiger partial charge is 0.277 e. The molecule has 1 fully saturated rings. The van der Waals surface area contributed by atoms with Gasteiger partial charge in [0.1, 0.15) is 11.9 Å². The van der Waals surface area contributed by atoms with Crippen molar-refractivity contribution in [3.05, 3.63) is 107 Å². The van der Waals surface area contributed by atoms with E-state index in [2.05, 4.69) is 21.6 Å². The second kappa shape index (κ2) is 14.2. The molecule has 1 saturated heterocycles. The molecule has 0 saturated carbocycles. The number of benzene rings is 3. The van der Waals surface area contributed by atoms with Gasteiger partial charge < -0.3 is 15.5 Å². The van der Waals surface area contributed by atoms with Gasteiger partial charge in [-0.15, -0.1) is 0 Å². The summed E-state index contributed by atoms with van der Waals surface area (Å²) in [6, 6.07) is 23.6. The van der Waals surface area contributed by atoms with Crippen molar-refractivity contribution in [1.29, 1.82) is 5.41 Å². The van der Waals surface area contributed by atoms with Crippen LogP contribution in [0, 0.1) is 5.41 Å². The summed E-state index contributed by atoms with van der Waals surface area (Å²) in [6.45, 7) is 2.95. The first kappa shape index (κ1) is 30.9. The molecule has 0 spiro atoms. The number of amidine groups is 1. The molecule has 1 atom stereocenters. The topological polar surface area (TPSA) is 149 Å². The molecule has 10 nitrogen and oxygen atoms in total. The van der Waals surface area contributed by atoms with Gasteiger partial charge in [-0.1, -0.05) is 72.8 Å². The number of nitrogens with zero attached hydrogens (tertiary/aromatic N) is 2. The standard InChI is InChI=1S/C31H38N6O4S/c1-23(38)36-16-18-37(19-17-36)31(39)29(21-25-10-7-13-27(20-25)30(32)33)35-42(40,41)34-22-28-12-6-5-11-26(28)15-14-24-8-3-2-4-9-24/h2-13,20,29,34-35H,14-19,21-22H2,1H3,(H3,32,33). The summed E-state index contributed by atoms with van der Waals surface area (Å²) >= 11 is 0. The van der Waals surface area contributed by atoms with Gasteiger partial charge >= 0.3 is 0 Å². The van der Waals surface area contributed by atoms with Crippen LogP contribution in [-0.4, -0.2) is 68.1 Å². The molecule has 11 heteroatoms. The van der Waals surface area contributed by atoms with Crippen molar-refractivity contribution < 1.29 is 18.0 Å². The van der Waals surface area contributed by atoms with Crippen LogP contribution in [-0.2, 0) is 45.6 Å². The van der Waals surface area contributed by atoms with Crippen molar-refractivity contribution in [3.8, 4) is 0 Å². The fraction of sp³-hybridized carbons (Fsp3) is 0.323. The van der Waals surface area contributed by atoms with Gasteiger partial charge in [0.15, 0.2) is 0 Å². The van der Waals surface area contributed by atoms with Gasteiger partial charge in [-0.25, -0.2) is 0 Å². The minimum absolute atomic E-state index is 0.0614. The van der Waals surface area contributed by atoms with Crippen LogP contribution in [0.15, 0.2) is 78.9 Å². The fourth-order valence-electron chi connectivity index (χ4n) is 5.04. The summed E-state index contributed by atoms with van der Waals surface area (Å²) in [5.74, 6) is -0.554. The lowest BCUT2D eigenvalue weighted by molar-refractivity contribution is -0.139. The summed E-state index contributed by atoms with van der Waals surface area (Å²) in [6.07, 6.45) is 1.66. The van der Waals surface area contributed by atoms with Crippen molar-refractivity contribution in [3.63, 3.8) is 0 Å². The van der Waals surface area contributed by atoms with Crippen LogP contribution in [0.4, 0.5) is 0 Å². The number of carbonyl (C=O) groups excluding carboxylic acids is 2. The molecular formula is C31H38N6O4S. The highest BCUT2D eigenvalue weighted by Crippen LogP contribution is 2.15. The number of nitrogen functional groups attached to an aromatic ring is 1. The Balaban J connectivity index is 1.47. The first-order chi connectivity index (χ1) is 20.1. The van der Waals surface area contributed by atoms with Crippen LogP contribution < -0.4 is 15.2 Å². The first-order valence-electron chi connectivity index (χ1n) is 14.0. The van der Waals surface area contributed by atoms with Crippen LogP contribution in [0.5, 0.6) is 0 Å². The summed E-state index contributed by atoms with van der Waals surface area (Å²) in [5.41, 5.74) is 9.90. The molecule has 3 aromatic carbocycles. The van der Waals surface area contributed by atoms with Crippen LogP contribution in [0.3, 0.4) is 0 Å². The molecule has 5 N–H and O–H groups in total. The van der Waals surface area contributed by atoms with E-state index in [1.165, 1.54) is 12.5 Å². The van der Waals surface area contributed by atoms with Crippen LogP contribution in [0.1, 0.15) is 34.7 Å². The Bertz CT molecular complexity index is 1500. The minimum Gasteiger partial charge on any atom is -0.384 e. The maximum Gasteiger partial charge on any atom is 0.277 e.